The van der Waals surface area contributed by atoms with Crippen LogP contribution in [0.2, 0.25) is 0 Å². The average molecular weight is 302 g/mol. The second-order valence-electron chi connectivity index (χ2n) is 5.39. The summed E-state index contributed by atoms with van der Waals surface area (Å²) in [6.45, 7) is -12.4. The Kier molecular flexibility index (Phi) is 1.86. The molecule has 116 valence electrons. The van der Waals surface area contributed by atoms with Gasteiger partial charge in [0.2, 0.25) is 0 Å². The lowest BCUT2D eigenvalue weighted by Gasteiger charge is -2.34. The Bertz CT molecular complexity index is 881. The lowest BCUT2D eigenvalue weighted by atomic mass is 10.1. The van der Waals surface area contributed by atoms with Gasteiger partial charge in [0.15, 0.2) is 0 Å². The number of nitrogens with two attached hydrogens (primary N) is 1. The van der Waals surface area contributed by atoms with E-state index in [0.29, 0.717) is 0 Å². The van der Waals surface area contributed by atoms with E-state index < -0.39 is 55.1 Å². The van der Waals surface area contributed by atoms with Crippen LogP contribution >= 0.6 is 0 Å². The number of anilines is 2. The van der Waals surface area contributed by atoms with Gasteiger partial charge in [0.25, 0.3) is 0 Å². The van der Waals surface area contributed by atoms with Crippen LogP contribution in [0.15, 0.2) is 18.2 Å². The normalized spacial score (nSPS) is 34.8. The minimum absolute atomic E-state index is 0.114. The summed E-state index contributed by atoms with van der Waals surface area (Å²) in [7, 11) is 0. The summed E-state index contributed by atoms with van der Waals surface area (Å²) < 4.78 is 93.3. The molecular formula is C16H25N3O2. The lowest BCUT2D eigenvalue weighted by molar-refractivity contribution is 0.00708. The van der Waals surface area contributed by atoms with Crippen molar-refractivity contribution in [1.29, 1.82) is 0 Å². The maximum absolute atomic E-state index is 12.3. The third-order valence-electron chi connectivity index (χ3n) is 2.46. The lowest BCUT2D eigenvalue weighted by Crippen LogP contribution is -2.44. The van der Waals surface area contributed by atoms with E-state index in [-0.39, 0.29) is 16.2 Å². The first-order valence-corrected chi connectivity index (χ1v) is 6.23. The van der Waals surface area contributed by atoms with Gasteiger partial charge in [0, 0.05) is 47.0 Å². The molecule has 1 aromatic carbocycles. The number of piperazine rings is 1. The second-order valence-corrected chi connectivity index (χ2v) is 5.39. The predicted octanol–water partition coefficient (Wildman–Crippen LogP) is 1.98. The van der Waals surface area contributed by atoms with Gasteiger partial charge in [0.05, 0.1) is 11.0 Å². The van der Waals surface area contributed by atoms with Crippen molar-refractivity contribution < 1.29 is 24.6 Å². The van der Waals surface area contributed by atoms with E-state index in [9.17, 15) is 4.79 Å². The molecule has 0 spiro atoms. The van der Waals surface area contributed by atoms with Gasteiger partial charge in [-0.3, -0.25) is 0 Å². The van der Waals surface area contributed by atoms with Crippen molar-refractivity contribution in [3.05, 3.63) is 23.8 Å². The van der Waals surface area contributed by atoms with Gasteiger partial charge in [-0.25, -0.2) is 4.79 Å². The molecule has 0 atom stereocenters. The van der Waals surface area contributed by atoms with Crippen LogP contribution in [0.3, 0.4) is 0 Å². The molecule has 1 aliphatic rings. The molecule has 1 heterocycles. The highest BCUT2D eigenvalue weighted by Crippen LogP contribution is 2.24. The van der Waals surface area contributed by atoms with Crippen molar-refractivity contribution in [3.8, 4) is 0 Å². The summed E-state index contributed by atoms with van der Waals surface area (Å²) in [6, 6.07) is 3.15. The number of carbonyl (C=O) groups is 1. The molecule has 0 bridgehead atoms. The molecular weight excluding hydrogens is 266 g/mol. The molecule has 1 aromatic rings. The van der Waals surface area contributed by atoms with Crippen LogP contribution in [-0.2, 0) is 4.74 Å². The molecule has 2 rings (SSSR count). The number of rotatable bonds is 2. The van der Waals surface area contributed by atoms with Crippen molar-refractivity contribution >= 4 is 17.3 Å². The van der Waals surface area contributed by atoms with Gasteiger partial charge in [-0.15, -0.1) is 0 Å². The fourth-order valence-corrected chi connectivity index (χ4v) is 1.59. The number of esters is 1. The number of nitrogens with zero attached hydrogens (tertiary/aromatic N) is 2. The topological polar surface area (TPSA) is 58.8 Å². The zero-order chi connectivity index (χ0) is 25.3. The molecule has 0 unspecified atom stereocenters. The molecule has 0 aromatic heterocycles. The van der Waals surface area contributed by atoms with Gasteiger partial charge in [-0.2, -0.15) is 0 Å². The predicted molar refractivity (Wildman–Crippen MR) is 85.7 cm³/mol. The number of hydrogen-bond acceptors (Lipinski definition) is 5. The Morgan fingerprint density at radius 2 is 2.00 bits per heavy atom. The number of carbonyl (C=O) groups excluding carboxylic acids is 1. The van der Waals surface area contributed by atoms with E-state index in [4.69, 9.17) is 25.5 Å². The third-order valence-corrected chi connectivity index (χ3v) is 2.46. The highest BCUT2D eigenvalue weighted by Gasteiger charge is 2.21. The molecule has 0 saturated carbocycles. The number of hydrogen-bond donors (Lipinski definition) is 1. The molecule has 5 heteroatoms. The molecule has 2 N–H and O–H groups in total. The average Bonchev–Trinajstić information content (AvgIpc) is 2.49. The molecule has 21 heavy (non-hydrogen) atoms. The van der Waals surface area contributed by atoms with Crippen LogP contribution < -0.4 is 10.6 Å². The summed E-state index contributed by atoms with van der Waals surface area (Å²) >= 11 is 0. The highest BCUT2D eigenvalue weighted by atomic mass is 16.6. The Labute approximate surface area is 142 Å². The minimum Gasteiger partial charge on any atom is -0.456 e. The van der Waals surface area contributed by atoms with E-state index >= 15 is 0 Å². The fraction of sp³-hybridized carbons (Fsp3) is 0.562. The van der Waals surface area contributed by atoms with Crippen LogP contribution in [0.1, 0.15) is 46.2 Å². The van der Waals surface area contributed by atoms with Gasteiger partial charge < -0.3 is 20.3 Å². The Morgan fingerprint density at radius 3 is 2.52 bits per heavy atom. The summed E-state index contributed by atoms with van der Waals surface area (Å²) in [4.78, 5) is 12.1. The first-order valence-electron chi connectivity index (χ1n) is 11.7. The smallest absolute Gasteiger partial charge is 0.340 e. The highest BCUT2D eigenvalue weighted by molar-refractivity contribution is 5.96. The number of likely N-dealkylation sites (N-methyl/N-ethyl adjacent to an activating group) is 1. The fourth-order valence-electron chi connectivity index (χ4n) is 1.59. The molecule has 0 radical (unpaired) electrons. The Hall–Kier alpha value is -1.75. The van der Waals surface area contributed by atoms with Crippen LogP contribution in [0.4, 0.5) is 11.4 Å². The molecule has 1 fully saturated rings. The van der Waals surface area contributed by atoms with Gasteiger partial charge >= 0.3 is 5.97 Å². The SMILES string of the molecule is [2H]C([2H])([2H])N1C([2H])([2H])C([2H])([2H])N(c2ccc(C(=O)OC(C)(C)C)c(N)c2)C([2H])([2H])C1([2H])[2H]. The largest absolute Gasteiger partial charge is 0.456 e. The van der Waals surface area contributed by atoms with E-state index in [2.05, 4.69) is 0 Å². The van der Waals surface area contributed by atoms with Crippen molar-refractivity contribution in [2.45, 2.75) is 26.4 Å². The van der Waals surface area contributed by atoms with Crippen LogP contribution in [0, 0.1) is 0 Å². The summed E-state index contributed by atoms with van der Waals surface area (Å²) in [6.07, 6.45) is 0. The van der Waals surface area contributed by atoms with E-state index in [1.54, 1.807) is 20.8 Å². The molecule has 0 aliphatic carbocycles. The number of nitrogen functional groups attached to an aromatic ring is 1. The van der Waals surface area contributed by atoms with Crippen molar-refractivity contribution in [1.82, 2.24) is 4.90 Å². The van der Waals surface area contributed by atoms with E-state index in [1.807, 2.05) is 0 Å². The Morgan fingerprint density at radius 1 is 1.33 bits per heavy atom. The molecule has 5 nitrogen and oxygen atoms in total. The summed E-state index contributed by atoms with van der Waals surface area (Å²) in [5.41, 5.74) is 4.30. The third kappa shape index (κ3) is 4.11. The molecule has 1 aliphatic heterocycles. The van der Waals surface area contributed by atoms with E-state index in [1.165, 1.54) is 0 Å². The quantitative estimate of drug-likeness (QED) is 0.668. The van der Waals surface area contributed by atoms with Crippen LogP contribution in [0.5, 0.6) is 0 Å². The van der Waals surface area contributed by atoms with Crippen molar-refractivity contribution in [2.75, 3.05) is 43.6 Å². The summed E-state index contributed by atoms with van der Waals surface area (Å²) in [5, 5.41) is 0. The standard InChI is InChI=1S/C16H25N3O2/c1-16(2,3)21-15(20)13-6-5-12(11-14(13)17)19-9-7-18(4)8-10-19/h5-6,11H,7-10,17H2,1-4H3/i4D3,7D2,8D2,9D2,10D2. The van der Waals surface area contributed by atoms with Gasteiger partial charge in [-0.1, -0.05) is 0 Å². The monoisotopic (exact) mass is 302 g/mol. The number of ether oxygens (including phenoxy) is 1. The Balaban J connectivity index is 2.67. The maximum atomic E-state index is 12.3. The second kappa shape index (κ2) is 5.93. The van der Waals surface area contributed by atoms with Crippen molar-refractivity contribution in [2.24, 2.45) is 0 Å². The summed E-state index contributed by atoms with van der Waals surface area (Å²) in [5.74, 6) is -0.801. The van der Waals surface area contributed by atoms with Crippen molar-refractivity contribution in [3.63, 3.8) is 0 Å². The molecule has 1 saturated heterocycles. The van der Waals surface area contributed by atoms with Gasteiger partial charge in [0.1, 0.15) is 5.60 Å². The number of benzene rings is 1. The van der Waals surface area contributed by atoms with Crippen LogP contribution in [0.25, 0.3) is 0 Å². The minimum atomic E-state index is -3.51. The zero-order valence-corrected chi connectivity index (χ0v) is 12.0. The molecule has 0 amide bonds. The van der Waals surface area contributed by atoms with Gasteiger partial charge in [-0.05, 0) is 45.9 Å². The first kappa shape index (κ1) is 6.57. The van der Waals surface area contributed by atoms with Crippen LogP contribution in [-0.4, -0.2) is 49.4 Å². The maximum Gasteiger partial charge on any atom is 0.340 e. The van der Waals surface area contributed by atoms with E-state index in [0.717, 1.165) is 18.2 Å². The zero-order valence-electron chi connectivity index (χ0n) is 23.0. The first-order chi connectivity index (χ1) is 14.0.